The predicted molar refractivity (Wildman–Crippen MR) is 70.7 cm³/mol. The van der Waals surface area contributed by atoms with E-state index in [2.05, 4.69) is 10.9 Å². The van der Waals surface area contributed by atoms with Gasteiger partial charge in [-0.05, 0) is 30.3 Å². The summed E-state index contributed by atoms with van der Waals surface area (Å²) in [7, 11) is 3.23. The fraction of sp³-hybridized carbons (Fsp3) is 0.133. The molecule has 0 aliphatic rings. The molecule has 1 aromatic heterocycles. The third-order valence-electron chi connectivity index (χ3n) is 2.61. The van der Waals surface area contributed by atoms with Crippen molar-refractivity contribution in [1.82, 2.24) is 4.98 Å². The maximum Gasteiger partial charge on any atom is 0.137 e. The van der Waals surface area contributed by atoms with Crippen molar-refractivity contribution in [3.8, 4) is 35.1 Å². The number of hydrogen-bond donors (Lipinski definition) is 0. The molecule has 90 valence electrons. The number of aromatic nitrogens is 1. The zero-order valence-electron chi connectivity index (χ0n) is 10.3. The van der Waals surface area contributed by atoms with E-state index < -0.39 is 0 Å². The largest absolute Gasteiger partial charge is 0.496 e. The Morgan fingerprint density at radius 1 is 1.11 bits per heavy atom. The molecule has 3 nitrogen and oxygen atoms in total. The van der Waals surface area contributed by atoms with Gasteiger partial charge < -0.3 is 9.47 Å². The van der Waals surface area contributed by atoms with Crippen LogP contribution in [-0.2, 0) is 0 Å². The van der Waals surface area contributed by atoms with Gasteiger partial charge in [0.25, 0.3) is 0 Å². The van der Waals surface area contributed by atoms with E-state index in [1.807, 2.05) is 30.3 Å². The molecule has 2 rings (SSSR count). The summed E-state index contributed by atoms with van der Waals surface area (Å²) < 4.78 is 10.4. The lowest BCUT2D eigenvalue weighted by atomic mass is 10.1. The first kappa shape index (κ1) is 12.0. The molecule has 0 unspecified atom stereocenters. The Balaban J connectivity index is 2.50. The lowest BCUT2D eigenvalue weighted by molar-refractivity contribution is 0.412. The van der Waals surface area contributed by atoms with Crippen molar-refractivity contribution in [3.05, 3.63) is 42.1 Å². The van der Waals surface area contributed by atoms with Crippen molar-refractivity contribution < 1.29 is 9.47 Å². The van der Waals surface area contributed by atoms with Crippen LogP contribution in [0.2, 0.25) is 0 Å². The molecule has 0 bridgehead atoms. The summed E-state index contributed by atoms with van der Waals surface area (Å²) >= 11 is 0. The van der Waals surface area contributed by atoms with E-state index in [0.717, 1.165) is 22.6 Å². The van der Waals surface area contributed by atoms with Gasteiger partial charge in [-0.3, -0.25) is 4.98 Å². The smallest absolute Gasteiger partial charge is 0.137 e. The van der Waals surface area contributed by atoms with Gasteiger partial charge in [-0.25, -0.2) is 0 Å². The highest BCUT2D eigenvalue weighted by molar-refractivity contribution is 5.69. The van der Waals surface area contributed by atoms with Crippen LogP contribution in [0.15, 0.2) is 36.5 Å². The average Bonchev–Trinajstić information content (AvgIpc) is 2.46. The Bertz CT molecular complexity index is 582. The zero-order valence-corrected chi connectivity index (χ0v) is 10.3. The highest BCUT2D eigenvalue weighted by Gasteiger charge is 2.08. The van der Waals surface area contributed by atoms with E-state index in [0.29, 0.717) is 5.75 Å². The molecular weight excluding hydrogens is 226 g/mol. The number of pyridine rings is 1. The fourth-order valence-electron chi connectivity index (χ4n) is 1.66. The van der Waals surface area contributed by atoms with Gasteiger partial charge in [0.1, 0.15) is 11.5 Å². The van der Waals surface area contributed by atoms with Crippen molar-refractivity contribution in [3.63, 3.8) is 0 Å². The normalized spacial score (nSPS) is 9.61. The first-order valence-electron chi connectivity index (χ1n) is 5.43. The summed E-state index contributed by atoms with van der Waals surface area (Å²) in [6.07, 6.45) is 7.07. The molecule has 0 amide bonds. The molecule has 0 atom stereocenters. The number of terminal acetylenes is 1. The molecule has 0 aliphatic heterocycles. The van der Waals surface area contributed by atoms with Crippen molar-refractivity contribution in [2.75, 3.05) is 14.2 Å². The molecule has 0 fully saturated rings. The van der Waals surface area contributed by atoms with Crippen molar-refractivity contribution in [2.45, 2.75) is 0 Å². The summed E-state index contributed by atoms with van der Waals surface area (Å²) in [6, 6.07) is 9.29. The summed E-state index contributed by atoms with van der Waals surface area (Å²) in [6.45, 7) is 0. The minimum absolute atomic E-state index is 0.714. The molecule has 0 spiro atoms. The summed E-state index contributed by atoms with van der Waals surface area (Å²) in [4.78, 5) is 4.33. The van der Waals surface area contributed by atoms with Crippen LogP contribution in [0.5, 0.6) is 11.5 Å². The van der Waals surface area contributed by atoms with Crippen LogP contribution in [0.25, 0.3) is 11.3 Å². The molecular formula is C15H13NO2. The second kappa shape index (κ2) is 5.24. The predicted octanol–water partition coefficient (Wildman–Crippen LogP) is 2.75. The Labute approximate surface area is 106 Å². The molecule has 2 aromatic rings. The van der Waals surface area contributed by atoms with E-state index in [1.54, 1.807) is 20.4 Å². The Morgan fingerprint density at radius 2 is 1.94 bits per heavy atom. The van der Waals surface area contributed by atoms with Crippen LogP contribution in [0, 0.1) is 12.3 Å². The molecule has 0 aliphatic carbocycles. The van der Waals surface area contributed by atoms with Crippen molar-refractivity contribution in [1.29, 1.82) is 0 Å². The Hall–Kier alpha value is -2.47. The maximum atomic E-state index is 5.40. The van der Waals surface area contributed by atoms with Crippen LogP contribution in [0.1, 0.15) is 5.56 Å². The van der Waals surface area contributed by atoms with Gasteiger partial charge in [-0.1, -0.05) is 5.92 Å². The topological polar surface area (TPSA) is 31.4 Å². The monoisotopic (exact) mass is 239 g/mol. The van der Waals surface area contributed by atoms with Crippen LogP contribution in [0.4, 0.5) is 0 Å². The summed E-state index contributed by atoms with van der Waals surface area (Å²) in [5, 5.41) is 0. The van der Waals surface area contributed by atoms with Gasteiger partial charge in [0.05, 0.1) is 26.1 Å². The quantitative estimate of drug-likeness (QED) is 0.772. The fourth-order valence-corrected chi connectivity index (χ4v) is 1.66. The van der Waals surface area contributed by atoms with Crippen LogP contribution in [-0.4, -0.2) is 19.2 Å². The Morgan fingerprint density at radius 3 is 2.50 bits per heavy atom. The molecule has 18 heavy (non-hydrogen) atoms. The first-order valence-corrected chi connectivity index (χ1v) is 5.43. The molecule has 0 N–H and O–H groups in total. The van der Waals surface area contributed by atoms with Crippen LogP contribution >= 0.6 is 0 Å². The Kier molecular flexibility index (Phi) is 3.49. The van der Waals surface area contributed by atoms with Crippen molar-refractivity contribution >= 4 is 0 Å². The second-order valence-electron chi connectivity index (χ2n) is 3.64. The van der Waals surface area contributed by atoms with E-state index in [1.165, 1.54) is 0 Å². The molecule has 3 heteroatoms. The van der Waals surface area contributed by atoms with Gasteiger partial charge >= 0.3 is 0 Å². The molecule has 1 aromatic carbocycles. The zero-order chi connectivity index (χ0) is 13.0. The van der Waals surface area contributed by atoms with Crippen LogP contribution < -0.4 is 9.47 Å². The number of hydrogen-bond acceptors (Lipinski definition) is 3. The highest BCUT2D eigenvalue weighted by atomic mass is 16.5. The van der Waals surface area contributed by atoms with E-state index in [-0.39, 0.29) is 0 Å². The maximum absolute atomic E-state index is 5.40. The van der Waals surface area contributed by atoms with Gasteiger partial charge in [-0.2, -0.15) is 0 Å². The van der Waals surface area contributed by atoms with Gasteiger partial charge in [0.15, 0.2) is 0 Å². The number of ether oxygens (including phenoxy) is 2. The van der Waals surface area contributed by atoms with Crippen LogP contribution in [0.3, 0.4) is 0 Å². The van der Waals surface area contributed by atoms with Crippen molar-refractivity contribution in [2.24, 2.45) is 0 Å². The molecule has 0 saturated heterocycles. The summed E-state index contributed by atoms with van der Waals surface area (Å²) in [5.74, 6) is 4.06. The minimum atomic E-state index is 0.714. The average molecular weight is 239 g/mol. The van der Waals surface area contributed by atoms with Gasteiger partial charge in [0.2, 0.25) is 0 Å². The van der Waals surface area contributed by atoms with E-state index >= 15 is 0 Å². The first-order chi connectivity index (χ1) is 8.78. The third kappa shape index (κ3) is 2.28. The number of rotatable bonds is 3. The standard InChI is InChI=1S/C15H13NO2/c1-4-11-5-8-15(18-3)13(9-11)14-7-6-12(17-2)10-16-14/h1,5-10H,2-3H3. The number of methoxy groups -OCH3 is 2. The van der Waals surface area contributed by atoms with Gasteiger partial charge in [0, 0.05) is 11.1 Å². The second-order valence-corrected chi connectivity index (χ2v) is 3.64. The molecule has 1 heterocycles. The lowest BCUT2D eigenvalue weighted by Crippen LogP contribution is -1.92. The minimum Gasteiger partial charge on any atom is -0.496 e. The highest BCUT2D eigenvalue weighted by Crippen LogP contribution is 2.30. The number of nitrogens with zero attached hydrogens (tertiary/aromatic N) is 1. The number of benzene rings is 1. The van der Waals surface area contributed by atoms with E-state index in [9.17, 15) is 0 Å². The lowest BCUT2D eigenvalue weighted by Gasteiger charge is -2.09. The summed E-state index contributed by atoms with van der Waals surface area (Å²) in [5.41, 5.74) is 2.46. The molecule has 0 radical (unpaired) electrons. The molecule has 0 saturated carbocycles. The van der Waals surface area contributed by atoms with E-state index in [4.69, 9.17) is 15.9 Å². The third-order valence-corrected chi connectivity index (χ3v) is 2.61. The van der Waals surface area contributed by atoms with Gasteiger partial charge in [-0.15, -0.1) is 6.42 Å². The SMILES string of the molecule is C#Cc1ccc(OC)c(-c2ccc(OC)cn2)c1.